The summed E-state index contributed by atoms with van der Waals surface area (Å²) in [6.45, 7) is -0.669. The highest BCUT2D eigenvalue weighted by Gasteiger charge is 2.13. The third-order valence-corrected chi connectivity index (χ3v) is 2.81. The van der Waals surface area contributed by atoms with Gasteiger partial charge in [-0.2, -0.15) is 0 Å². The standard InChI is InChI=1S/C10H8F2N2O2S/c11-8(12)3-13-9(15)7-5-17-10(14-7)6-1-2-16-4-6/h1-2,4-5,8H,3H2,(H,13,15). The molecule has 2 aromatic heterocycles. The first-order valence-corrected chi connectivity index (χ1v) is 5.59. The van der Waals surface area contributed by atoms with Crippen LogP contribution in [0.25, 0.3) is 10.6 Å². The summed E-state index contributed by atoms with van der Waals surface area (Å²) in [6.07, 6.45) is 0.429. The molecule has 90 valence electrons. The number of rotatable bonds is 4. The molecule has 0 aromatic carbocycles. The molecule has 0 unspecified atom stereocenters. The van der Waals surface area contributed by atoms with E-state index in [1.807, 2.05) is 0 Å². The molecule has 0 aliphatic carbocycles. The van der Waals surface area contributed by atoms with Crippen molar-refractivity contribution < 1.29 is 18.0 Å². The van der Waals surface area contributed by atoms with E-state index in [2.05, 4.69) is 10.3 Å². The van der Waals surface area contributed by atoms with Gasteiger partial charge in [0.25, 0.3) is 12.3 Å². The Morgan fingerprint density at radius 1 is 1.59 bits per heavy atom. The molecule has 2 heterocycles. The predicted octanol–water partition coefficient (Wildman–Crippen LogP) is 2.40. The van der Waals surface area contributed by atoms with Gasteiger partial charge in [-0.3, -0.25) is 4.79 Å². The Balaban J connectivity index is 2.05. The third-order valence-electron chi connectivity index (χ3n) is 1.92. The van der Waals surface area contributed by atoms with Gasteiger partial charge in [0.2, 0.25) is 0 Å². The van der Waals surface area contributed by atoms with Crippen molar-refractivity contribution in [2.24, 2.45) is 0 Å². The Hall–Kier alpha value is -1.76. The summed E-state index contributed by atoms with van der Waals surface area (Å²) in [5.41, 5.74) is 0.884. The largest absolute Gasteiger partial charge is 0.472 e. The van der Waals surface area contributed by atoms with E-state index in [-0.39, 0.29) is 5.69 Å². The van der Waals surface area contributed by atoms with E-state index in [0.717, 1.165) is 5.56 Å². The molecule has 7 heteroatoms. The lowest BCUT2D eigenvalue weighted by molar-refractivity contribution is 0.0887. The lowest BCUT2D eigenvalue weighted by atomic mass is 10.3. The first-order chi connectivity index (χ1) is 8.16. The minimum absolute atomic E-state index is 0.131. The zero-order valence-electron chi connectivity index (χ0n) is 8.52. The van der Waals surface area contributed by atoms with Crippen LogP contribution in [0.1, 0.15) is 10.5 Å². The van der Waals surface area contributed by atoms with Gasteiger partial charge in [-0.05, 0) is 6.07 Å². The maximum atomic E-state index is 11.9. The van der Waals surface area contributed by atoms with Gasteiger partial charge >= 0.3 is 0 Å². The molecule has 0 fully saturated rings. The Morgan fingerprint density at radius 3 is 3.06 bits per heavy atom. The van der Waals surface area contributed by atoms with Gasteiger partial charge in [-0.15, -0.1) is 11.3 Å². The highest BCUT2D eigenvalue weighted by molar-refractivity contribution is 7.13. The van der Waals surface area contributed by atoms with E-state index >= 15 is 0 Å². The van der Waals surface area contributed by atoms with Crippen molar-refractivity contribution in [1.82, 2.24) is 10.3 Å². The molecular weight excluding hydrogens is 250 g/mol. The van der Waals surface area contributed by atoms with Gasteiger partial charge in [0, 0.05) is 10.9 Å². The molecule has 2 rings (SSSR count). The summed E-state index contributed by atoms with van der Waals surface area (Å²) >= 11 is 1.25. The van der Waals surface area contributed by atoms with E-state index in [0.29, 0.717) is 5.01 Å². The normalized spacial score (nSPS) is 10.8. The molecule has 1 amide bonds. The van der Waals surface area contributed by atoms with E-state index in [4.69, 9.17) is 4.42 Å². The van der Waals surface area contributed by atoms with Crippen LogP contribution < -0.4 is 5.32 Å². The maximum absolute atomic E-state index is 11.9. The van der Waals surface area contributed by atoms with Crippen LogP contribution in [-0.4, -0.2) is 23.9 Å². The SMILES string of the molecule is O=C(NCC(F)F)c1csc(-c2ccoc2)n1. The van der Waals surface area contributed by atoms with Crippen LogP contribution in [0.5, 0.6) is 0 Å². The predicted molar refractivity (Wildman–Crippen MR) is 58.2 cm³/mol. The van der Waals surface area contributed by atoms with Gasteiger partial charge in [0.05, 0.1) is 12.8 Å². The summed E-state index contributed by atoms with van der Waals surface area (Å²) in [4.78, 5) is 15.4. The fourth-order valence-electron chi connectivity index (χ4n) is 1.16. The minimum Gasteiger partial charge on any atom is -0.472 e. The number of alkyl halides is 2. The van der Waals surface area contributed by atoms with Crippen molar-refractivity contribution >= 4 is 17.2 Å². The van der Waals surface area contributed by atoms with E-state index < -0.39 is 18.9 Å². The first kappa shape index (κ1) is 11.7. The fraction of sp³-hybridized carbons (Fsp3) is 0.200. The topological polar surface area (TPSA) is 55.1 Å². The van der Waals surface area contributed by atoms with Crippen molar-refractivity contribution in [2.75, 3.05) is 6.54 Å². The zero-order chi connectivity index (χ0) is 12.3. The van der Waals surface area contributed by atoms with Crippen molar-refractivity contribution in [1.29, 1.82) is 0 Å². The van der Waals surface area contributed by atoms with Gasteiger partial charge in [0.15, 0.2) is 0 Å². The fourth-order valence-corrected chi connectivity index (χ4v) is 1.94. The Labute approximate surface area is 99.3 Å². The Morgan fingerprint density at radius 2 is 2.41 bits per heavy atom. The molecule has 0 radical (unpaired) electrons. The van der Waals surface area contributed by atoms with Crippen LogP contribution in [0.4, 0.5) is 8.78 Å². The number of hydrogen-bond donors (Lipinski definition) is 1. The third kappa shape index (κ3) is 2.88. The van der Waals surface area contributed by atoms with Gasteiger partial charge < -0.3 is 9.73 Å². The molecule has 17 heavy (non-hydrogen) atoms. The van der Waals surface area contributed by atoms with Crippen molar-refractivity contribution in [3.63, 3.8) is 0 Å². The highest BCUT2D eigenvalue weighted by atomic mass is 32.1. The number of nitrogens with one attached hydrogen (secondary N) is 1. The number of furan rings is 1. The number of nitrogens with zero attached hydrogens (tertiary/aromatic N) is 1. The van der Waals surface area contributed by atoms with Gasteiger partial charge in [-0.1, -0.05) is 0 Å². The molecule has 0 bridgehead atoms. The molecule has 0 atom stereocenters. The number of amides is 1. The summed E-state index contributed by atoms with van der Waals surface area (Å²) in [5.74, 6) is -0.601. The molecule has 2 aromatic rings. The van der Waals surface area contributed by atoms with Crippen LogP contribution in [0.2, 0.25) is 0 Å². The molecule has 0 saturated heterocycles. The molecule has 0 spiro atoms. The molecule has 0 saturated carbocycles. The Kier molecular flexibility index (Phi) is 3.48. The lowest BCUT2D eigenvalue weighted by Gasteiger charge is -2.00. The van der Waals surface area contributed by atoms with Gasteiger partial charge in [-0.25, -0.2) is 13.8 Å². The zero-order valence-corrected chi connectivity index (χ0v) is 9.34. The number of halogens is 2. The number of carbonyl (C=O) groups excluding carboxylic acids is 1. The summed E-state index contributed by atoms with van der Waals surface area (Å²) < 4.78 is 28.7. The van der Waals surface area contributed by atoms with E-state index in [9.17, 15) is 13.6 Å². The average Bonchev–Trinajstić information content (AvgIpc) is 2.94. The summed E-state index contributed by atoms with van der Waals surface area (Å²) in [5, 5.41) is 4.22. The molecule has 4 nitrogen and oxygen atoms in total. The number of aromatic nitrogens is 1. The smallest absolute Gasteiger partial charge is 0.270 e. The summed E-state index contributed by atoms with van der Waals surface area (Å²) in [7, 11) is 0. The quantitative estimate of drug-likeness (QED) is 0.916. The van der Waals surface area contributed by atoms with Crippen LogP contribution >= 0.6 is 11.3 Å². The highest BCUT2D eigenvalue weighted by Crippen LogP contribution is 2.23. The van der Waals surface area contributed by atoms with Crippen molar-refractivity contribution in [3.05, 3.63) is 29.7 Å². The second-order valence-electron chi connectivity index (χ2n) is 3.15. The van der Waals surface area contributed by atoms with Crippen molar-refractivity contribution in [2.45, 2.75) is 6.43 Å². The summed E-state index contributed by atoms with van der Waals surface area (Å²) in [6, 6.07) is 1.71. The van der Waals surface area contributed by atoms with E-state index in [1.165, 1.54) is 29.2 Å². The van der Waals surface area contributed by atoms with Crippen molar-refractivity contribution in [3.8, 4) is 10.6 Å². The monoisotopic (exact) mass is 258 g/mol. The Bertz CT molecular complexity index is 496. The number of thiazole rings is 1. The van der Waals surface area contributed by atoms with Crippen LogP contribution in [0, 0.1) is 0 Å². The van der Waals surface area contributed by atoms with Crippen LogP contribution in [0.3, 0.4) is 0 Å². The number of carbonyl (C=O) groups is 1. The molecule has 0 aliphatic heterocycles. The van der Waals surface area contributed by atoms with Crippen LogP contribution in [-0.2, 0) is 0 Å². The maximum Gasteiger partial charge on any atom is 0.270 e. The second kappa shape index (κ2) is 5.05. The molecular formula is C10H8F2N2O2S. The molecule has 0 aliphatic rings. The van der Waals surface area contributed by atoms with E-state index in [1.54, 1.807) is 6.07 Å². The number of hydrogen-bond acceptors (Lipinski definition) is 4. The molecule has 1 N–H and O–H groups in total. The minimum atomic E-state index is -2.56. The van der Waals surface area contributed by atoms with Crippen LogP contribution in [0.15, 0.2) is 28.4 Å². The second-order valence-corrected chi connectivity index (χ2v) is 4.01. The first-order valence-electron chi connectivity index (χ1n) is 4.71. The lowest BCUT2D eigenvalue weighted by Crippen LogP contribution is -2.28. The average molecular weight is 258 g/mol. The van der Waals surface area contributed by atoms with Gasteiger partial charge in [0.1, 0.15) is 17.0 Å².